The highest BCUT2D eigenvalue weighted by atomic mass is 16.5. The van der Waals surface area contributed by atoms with Crippen LogP contribution in [0, 0.1) is 11.3 Å². The van der Waals surface area contributed by atoms with Gasteiger partial charge in [0.2, 0.25) is 17.7 Å². The van der Waals surface area contributed by atoms with Crippen LogP contribution in [-0.2, 0) is 28.7 Å². The van der Waals surface area contributed by atoms with E-state index in [1.165, 1.54) is 20.9 Å². The summed E-state index contributed by atoms with van der Waals surface area (Å²) >= 11 is 0. The third-order valence-corrected chi connectivity index (χ3v) is 8.42. The number of carbonyl (C=O) groups excluding carboxylic acids is 5. The van der Waals surface area contributed by atoms with Crippen LogP contribution in [-0.4, -0.2) is 116 Å². The van der Waals surface area contributed by atoms with E-state index in [9.17, 15) is 29.1 Å². The van der Waals surface area contributed by atoms with Crippen molar-refractivity contribution in [2.45, 2.75) is 63.8 Å². The summed E-state index contributed by atoms with van der Waals surface area (Å²) in [5.41, 5.74) is 6.82. The second kappa shape index (κ2) is 18.9. The summed E-state index contributed by atoms with van der Waals surface area (Å²) in [5, 5.41) is 29.3. The third-order valence-electron chi connectivity index (χ3n) is 8.42. The molecule has 5 amide bonds. The van der Waals surface area contributed by atoms with Crippen molar-refractivity contribution < 1.29 is 38.6 Å². The minimum absolute atomic E-state index is 0.0783. The molecule has 7 N–H and O–H groups in total. The monoisotopic (exact) mass is 708 g/mol. The summed E-state index contributed by atoms with van der Waals surface area (Å²) in [4.78, 5) is 71.8. The molecule has 0 radical (unpaired) electrons. The molecule has 0 fully saturated rings. The molecule has 4 atom stereocenters. The van der Waals surface area contributed by atoms with E-state index in [0.717, 1.165) is 4.90 Å². The maximum atomic E-state index is 14.2. The van der Waals surface area contributed by atoms with Gasteiger partial charge in [0.15, 0.2) is 0 Å². The van der Waals surface area contributed by atoms with Gasteiger partial charge in [0, 0.05) is 45.7 Å². The highest BCUT2D eigenvalue weighted by Gasteiger charge is 2.38. The average molecular weight is 709 g/mol. The molecule has 0 saturated heterocycles. The smallest absolute Gasteiger partial charge is 0.268 e. The number of amides is 5. The van der Waals surface area contributed by atoms with Crippen LogP contribution in [0.3, 0.4) is 0 Å². The van der Waals surface area contributed by atoms with Crippen LogP contribution in [0.15, 0.2) is 40.9 Å². The zero-order valence-electron chi connectivity index (χ0n) is 29.7. The number of ether oxygens (including phenoxy) is 2. The van der Waals surface area contributed by atoms with Crippen molar-refractivity contribution in [3.8, 4) is 11.8 Å². The molecule has 0 aromatic heterocycles. The minimum Gasteiger partial charge on any atom is -0.492 e. The number of carbonyl (C=O) groups is 5. The lowest BCUT2D eigenvalue weighted by Gasteiger charge is -2.37. The van der Waals surface area contributed by atoms with Crippen LogP contribution >= 0.6 is 0 Å². The number of rotatable bonds is 14. The van der Waals surface area contributed by atoms with Crippen LogP contribution < -0.4 is 31.7 Å². The van der Waals surface area contributed by atoms with Gasteiger partial charge in [-0.1, -0.05) is 18.2 Å². The summed E-state index contributed by atoms with van der Waals surface area (Å²) in [6.45, 7) is 5.03. The van der Waals surface area contributed by atoms with E-state index in [0.29, 0.717) is 41.0 Å². The summed E-state index contributed by atoms with van der Waals surface area (Å²) in [6, 6.07) is 3.13. The van der Waals surface area contributed by atoms with Gasteiger partial charge in [0.25, 0.3) is 11.8 Å². The van der Waals surface area contributed by atoms with Gasteiger partial charge < -0.3 is 46.5 Å². The van der Waals surface area contributed by atoms with E-state index < -0.39 is 59.9 Å². The number of nitrogens with zero attached hydrogens (tertiary/aromatic N) is 3. The van der Waals surface area contributed by atoms with E-state index in [4.69, 9.17) is 20.5 Å². The number of fused-ring (bicyclic) bond motifs is 4. The number of likely N-dealkylation sites (N-methyl/N-ethyl adjacent to an activating group) is 2. The number of nitrogens with one attached hydrogen (secondary N) is 4. The van der Waals surface area contributed by atoms with Crippen LogP contribution in [0.4, 0.5) is 0 Å². The first-order chi connectivity index (χ1) is 24.3. The van der Waals surface area contributed by atoms with Gasteiger partial charge in [-0.3, -0.25) is 24.0 Å². The van der Waals surface area contributed by atoms with Gasteiger partial charge in [0.1, 0.15) is 42.7 Å². The predicted octanol–water partition coefficient (Wildman–Crippen LogP) is -0.365. The Bertz CT molecular complexity index is 1620. The Labute approximate surface area is 297 Å². The molecular formula is C35H48N8O8. The van der Waals surface area contributed by atoms with E-state index >= 15 is 0 Å². The van der Waals surface area contributed by atoms with E-state index in [1.54, 1.807) is 25.2 Å². The molecule has 2 aliphatic rings. The summed E-state index contributed by atoms with van der Waals surface area (Å²) in [6.07, 6.45) is 3.83. The number of aliphatic imine (C=N–C) groups is 1. The van der Waals surface area contributed by atoms with Gasteiger partial charge >= 0.3 is 0 Å². The van der Waals surface area contributed by atoms with E-state index in [2.05, 4.69) is 26.3 Å². The van der Waals surface area contributed by atoms with Crippen LogP contribution in [0.25, 0.3) is 5.57 Å². The lowest BCUT2D eigenvalue weighted by molar-refractivity contribution is -0.142. The SMILES string of the molecule is CNCCOc1ccc2cc1C1=CC(=CCC1(C)OCCN)CC(C(=O)NCC#N)=NC(=O)[C@H](C)NC(=O)[C@H]2N(C)C(=O)[C@H](CCO)NC(C)=O. The highest BCUT2D eigenvalue weighted by molar-refractivity contribution is 6.41. The number of nitrogens with two attached hydrogens (primary N) is 1. The van der Waals surface area contributed by atoms with Crippen molar-refractivity contribution in [1.82, 2.24) is 26.2 Å². The number of nitriles is 1. The molecule has 3 rings (SSSR count). The number of benzene rings is 1. The maximum Gasteiger partial charge on any atom is 0.268 e. The average Bonchev–Trinajstić information content (AvgIpc) is 3.09. The van der Waals surface area contributed by atoms with Gasteiger partial charge in [0.05, 0.1) is 18.3 Å². The second-order valence-corrected chi connectivity index (χ2v) is 12.4. The Balaban J connectivity index is 2.35. The van der Waals surface area contributed by atoms with Crippen molar-refractivity contribution in [1.29, 1.82) is 5.26 Å². The first kappa shape index (κ1) is 40.5. The van der Waals surface area contributed by atoms with Crippen LogP contribution in [0.2, 0.25) is 0 Å². The van der Waals surface area contributed by atoms with Crippen LogP contribution in [0.5, 0.6) is 5.75 Å². The highest BCUT2D eigenvalue weighted by Crippen LogP contribution is 2.43. The largest absolute Gasteiger partial charge is 0.492 e. The zero-order chi connectivity index (χ0) is 37.7. The molecule has 0 saturated carbocycles. The summed E-state index contributed by atoms with van der Waals surface area (Å²) in [7, 11) is 3.17. The second-order valence-electron chi connectivity index (χ2n) is 12.4. The topological polar surface area (TPSA) is 238 Å². The fourth-order valence-corrected chi connectivity index (χ4v) is 5.78. The Kier molecular flexibility index (Phi) is 15.0. The molecule has 16 heteroatoms. The van der Waals surface area contributed by atoms with E-state index in [1.807, 2.05) is 25.1 Å². The number of allylic oxidation sites excluding steroid dienone is 2. The maximum absolute atomic E-state index is 14.2. The van der Waals surface area contributed by atoms with Gasteiger partial charge in [-0.15, -0.1) is 0 Å². The minimum atomic E-state index is -1.35. The predicted molar refractivity (Wildman–Crippen MR) is 188 cm³/mol. The summed E-state index contributed by atoms with van der Waals surface area (Å²) < 4.78 is 12.5. The molecule has 0 spiro atoms. The molecule has 1 heterocycles. The van der Waals surface area contributed by atoms with Crippen molar-refractivity contribution >= 4 is 40.8 Å². The zero-order valence-corrected chi connectivity index (χ0v) is 29.7. The Morgan fingerprint density at radius 2 is 2.02 bits per heavy atom. The van der Waals surface area contributed by atoms with Crippen molar-refractivity contribution in [3.63, 3.8) is 0 Å². The number of aliphatic hydroxyl groups excluding tert-OH is 1. The molecule has 1 unspecified atom stereocenters. The van der Waals surface area contributed by atoms with Crippen molar-refractivity contribution in [2.24, 2.45) is 10.7 Å². The molecule has 16 nitrogen and oxygen atoms in total. The molecule has 276 valence electrons. The standard InChI is InChI=1S/C35H48N8O8/c1-21-31(46)42-28(32(47)39-13-11-36)19-23-8-10-35(3,51-16-12-37)26(18-23)25-20-24(6-7-29(25)50-17-14-38-4)30(33(48)40-21)43(5)34(49)27(9-15-44)41-22(2)45/h6-8,18,20-21,27,30,38,44H,9-10,12-17,19,37H2,1-5H3,(H,39,47)(H,40,48)(H,41,45)/t21-,27-,30-,35?/m0/s1. The fraction of sp³-hybridized carbons (Fsp3) is 0.514. The summed E-state index contributed by atoms with van der Waals surface area (Å²) in [5.74, 6) is -3.04. The molecule has 4 bridgehead atoms. The Morgan fingerprint density at radius 1 is 1.27 bits per heavy atom. The van der Waals surface area contributed by atoms with Gasteiger partial charge in [-0.25, -0.2) is 4.99 Å². The molecule has 1 aliphatic carbocycles. The first-order valence-electron chi connectivity index (χ1n) is 16.7. The quantitative estimate of drug-likeness (QED) is 0.108. The lowest BCUT2D eigenvalue weighted by atomic mass is 9.79. The van der Waals surface area contributed by atoms with Crippen LogP contribution in [0.1, 0.15) is 57.2 Å². The molecular weight excluding hydrogens is 660 g/mol. The normalized spacial score (nSPS) is 21.0. The van der Waals surface area contributed by atoms with E-state index in [-0.39, 0.29) is 44.9 Å². The van der Waals surface area contributed by atoms with Crippen molar-refractivity contribution in [2.75, 3.05) is 53.6 Å². The number of hydrogen-bond acceptors (Lipinski definition) is 11. The molecule has 51 heavy (non-hydrogen) atoms. The van der Waals surface area contributed by atoms with Gasteiger partial charge in [-0.2, -0.15) is 5.26 Å². The first-order valence-corrected chi connectivity index (χ1v) is 16.7. The molecule has 1 aliphatic heterocycles. The molecule has 1 aromatic rings. The third kappa shape index (κ3) is 10.5. The van der Waals surface area contributed by atoms with Gasteiger partial charge in [-0.05, 0) is 62.6 Å². The lowest BCUT2D eigenvalue weighted by Crippen LogP contribution is -2.52. The Morgan fingerprint density at radius 3 is 2.67 bits per heavy atom. The Hall–Kier alpha value is -4.95. The number of hydrogen-bond donors (Lipinski definition) is 6. The fourth-order valence-electron chi connectivity index (χ4n) is 5.78. The molecule has 1 aromatic carbocycles. The van der Waals surface area contributed by atoms with Crippen molar-refractivity contribution in [3.05, 3.63) is 47.1 Å². The number of aliphatic hydroxyl groups is 1.